The van der Waals surface area contributed by atoms with Crippen LogP contribution in [0.15, 0.2) is 64.6 Å². The SMILES string of the molecule is CCCOc1ccc(-c2nn(-c3ccccc3)cc2/C=C2\SC(N3CCC(C(N)=O)CC3)=NC2=O)c(C)c1. The summed E-state index contributed by atoms with van der Waals surface area (Å²) in [6, 6.07) is 15.9. The molecule has 2 aliphatic rings. The van der Waals surface area contributed by atoms with E-state index in [1.165, 1.54) is 11.8 Å². The summed E-state index contributed by atoms with van der Waals surface area (Å²) >= 11 is 1.37. The van der Waals surface area contributed by atoms with Gasteiger partial charge in [-0.15, -0.1) is 0 Å². The second-order valence-electron chi connectivity index (χ2n) is 9.51. The Kier molecular flexibility index (Phi) is 7.64. The molecule has 1 saturated heterocycles. The van der Waals surface area contributed by atoms with Crippen molar-refractivity contribution in [3.63, 3.8) is 0 Å². The first-order valence-corrected chi connectivity index (χ1v) is 13.7. The Labute approximate surface area is 226 Å². The fraction of sp³-hybridized carbons (Fsp3) is 0.310. The highest BCUT2D eigenvalue weighted by atomic mass is 32.2. The zero-order chi connectivity index (χ0) is 26.6. The van der Waals surface area contributed by atoms with E-state index in [2.05, 4.69) is 16.8 Å². The molecule has 1 fully saturated rings. The van der Waals surface area contributed by atoms with Crippen LogP contribution in [0.1, 0.15) is 37.3 Å². The van der Waals surface area contributed by atoms with Crippen molar-refractivity contribution in [1.29, 1.82) is 0 Å². The molecule has 9 heteroatoms. The molecule has 3 heterocycles. The third kappa shape index (κ3) is 5.52. The maximum Gasteiger partial charge on any atom is 0.286 e. The number of likely N-dealkylation sites (tertiary alicyclic amines) is 1. The lowest BCUT2D eigenvalue weighted by molar-refractivity contribution is -0.123. The lowest BCUT2D eigenvalue weighted by Crippen LogP contribution is -2.40. The summed E-state index contributed by atoms with van der Waals surface area (Å²) < 4.78 is 7.65. The molecule has 2 N–H and O–H groups in total. The van der Waals surface area contributed by atoms with E-state index in [1.807, 2.05) is 72.4 Å². The summed E-state index contributed by atoms with van der Waals surface area (Å²) in [7, 11) is 0. The summed E-state index contributed by atoms with van der Waals surface area (Å²) in [5.74, 6) is 0.193. The van der Waals surface area contributed by atoms with Gasteiger partial charge >= 0.3 is 0 Å². The van der Waals surface area contributed by atoms with E-state index in [9.17, 15) is 9.59 Å². The number of carbonyl (C=O) groups is 2. The molecule has 0 bridgehead atoms. The number of hydrogen-bond acceptors (Lipinski definition) is 6. The lowest BCUT2D eigenvalue weighted by atomic mass is 9.97. The van der Waals surface area contributed by atoms with Crippen LogP contribution < -0.4 is 10.5 Å². The zero-order valence-electron chi connectivity index (χ0n) is 21.6. The summed E-state index contributed by atoms with van der Waals surface area (Å²) in [6.45, 7) is 6.10. The fourth-order valence-electron chi connectivity index (χ4n) is 4.66. The second kappa shape index (κ2) is 11.3. The van der Waals surface area contributed by atoms with Crippen molar-refractivity contribution in [2.24, 2.45) is 16.6 Å². The minimum Gasteiger partial charge on any atom is -0.494 e. The van der Waals surface area contributed by atoms with Crippen LogP contribution in [0.25, 0.3) is 23.0 Å². The van der Waals surface area contributed by atoms with Gasteiger partial charge in [-0.3, -0.25) is 9.59 Å². The molecular formula is C29H31N5O3S. The number of carbonyl (C=O) groups excluding carboxylic acids is 2. The number of hydrogen-bond donors (Lipinski definition) is 1. The fourth-order valence-corrected chi connectivity index (χ4v) is 5.61. The molecule has 2 aromatic carbocycles. The molecule has 0 spiro atoms. The van der Waals surface area contributed by atoms with Crippen LogP contribution in [-0.2, 0) is 9.59 Å². The monoisotopic (exact) mass is 529 g/mol. The van der Waals surface area contributed by atoms with Crippen LogP contribution >= 0.6 is 11.8 Å². The largest absolute Gasteiger partial charge is 0.494 e. The number of benzene rings is 2. The summed E-state index contributed by atoms with van der Waals surface area (Å²) in [5, 5.41) is 5.60. The number of aliphatic imine (C=N–C) groups is 1. The molecule has 38 heavy (non-hydrogen) atoms. The van der Waals surface area contributed by atoms with Gasteiger partial charge in [-0.05, 0) is 79.9 Å². The Balaban J connectivity index is 1.45. The minimum atomic E-state index is -0.263. The van der Waals surface area contributed by atoms with Crippen molar-refractivity contribution in [3.8, 4) is 22.7 Å². The Bertz CT molecular complexity index is 1400. The van der Waals surface area contributed by atoms with E-state index in [1.54, 1.807) is 0 Å². The van der Waals surface area contributed by atoms with E-state index in [4.69, 9.17) is 15.6 Å². The highest BCUT2D eigenvalue weighted by molar-refractivity contribution is 8.18. The summed E-state index contributed by atoms with van der Waals surface area (Å²) in [6.07, 6.45) is 6.12. The maximum absolute atomic E-state index is 12.9. The molecule has 0 radical (unpaired) electrons. The summed E-state index contributed by atoms with van der Waals surface area (Å²) in [5.41, 5.74) is 10.0. The van der Waals surface area contributed by atoms with E-state index in [0.29, 0.717) is 42.6 Å². The number of amides is 2. The molecule has 8 nitrogen and oxygen atoms in total. The molecule has 2 amide bonds. The first-order chi connectivity index (χ1) is 18.4. The first-order valence-electron chi connectivity index (χ1n) is 12.9. The molecule has 0 unspecified atom stereocenters. The molecule has 5 rings (SSSR count). The highest BCUT2D eigenvalue weighted by Gasteiger charge is 2.31. The van der Waals surface area contributed by atoms with E-state index in [-0.39, 0.29) is 17.7 Å². The highest BCUT2D eigenvalue weighted by Crippen LogP contribution is 2.35. The van der Waals surface area contributed by atoms with Crippen molar-refractivity contribution in [2.45, 2.75) is 33.1 Å². The summed E-state index contributed by atoms with van der Waals surface area (Å²) in [4.78, 5) is 31.4. The normalized spacial score (nSPS) is 17.2. The Hall–Kier alpha value is -3.85. The van der Waals surface area contributed by atoms with E-state index in [0.717, 1.165) is 40.2 Å². The molecule has 0 atom stereocenters. The number of para-hydroxylation sites is 1. The Morgan fingerprint density at radius 1 is 1.18 bits per heavy atom. The standard InChI is InChI=1S/C29H31N5O3S/c1-3-15-37-23-9-10-24(19(2)16-23)26-21(18-34(32-26)22-7-5-4-6-8-22)17-25-28(36)31-29(38-25)33-13-11-20(12-14-33)27(30)35/h4-10,16-18,20H,3,11-15H2,1-2H3,(H2,30,35)/b25-17-. The number of nitrogens with two attached hydrogens (primary N) is 1. The molecular weight excluding hydrogens is 498 g/mol. The number of nitrogens with zero attached hydrogens (tertiary/aromatic N) is 4. The molecule has 1 aromatic heterocycles. The number of rotatable bonds is 7. The van der Waals surface area contributed by atoms with E-state index >= 15 is 0 Å². The molecule has 0 saturated carbocycles. The van der Waals surface area contributed by atoms with Gasteiger partial charge in [0, 0.05) is 36.3 Å². The van der Waals surface area contributed by atoms with Crippen molar-refractivity contribution in [1.82, 2.24) is 14.7 Å². The lowest BCUT2D eigenvalue weighted by Gasteiger charge is -2.31. The van der Waals surface area contributed by atoms with Gasteiger partial charge in [0.2, 0.25) is 5.91 Å². The number of piperidine rings is 1. The number of aromatic nitrogens is 2. The van der Waals surface area contributed by atoms with Crippen molar-refractivity contribution in [2.75, 3.05) is 19.7 Å². The number of thioether (sulfide) groups is 1. The third-order valence-electron chi connectivity index (χ3n) is 6.75. The number of amidine groups is 1. The quantitative estimate of drug-likeness (QED) is 0.441. The second-order valence-corrected chi connectivity index (χ2v) is 10.5. The Morgan fingerprint density at radius 2 is 1.95 bits per heavy atom. The van der Waals surface area contributed by atoms with Gasteiger partial charge in [0.25, 0.3) is 5.91 Å². The van der Waals surface area contributed by atoms with Crippen molar-refractivity contribution < 1.29 is 14.3 Å². The number of ether oxygens (including phenoxy) is 1. The topological polar surface area (TPSA) is 103 Å². The van der Waals surface area contributed by atoms with Crippen molar-refractivity contribution in [3.05, 3.63) is 70.8 Å². The van der Waals surface area contributed by atoms with Crippen LogP contribution in [0.5, 0.6) is 5.75 Å². The van der Waals surface area contributed by atoms with Crippen molar-refractivity contribution >= 4 is 34.8 Å². The van der Waals surface area contributed by atoms with Gasteiger partial charge in [-0.1, -0.05) is 25.1 Å². The van der Waals surface area contributed by atoms with Gasteiger partial charge in [0.15, 0.2) is 5.17 Å². The van der Waals surface area contributed by atoms with Gasteiger partial charge in [-0.2, -0.15) is 10.1 Å². The average Bonchev–Trinajstić information content (AvgIpc) is 3.51. The van der Waals surface area contributed by atoms with Crippen LogP contribution in [0, 0.1) is 12.8 Å². The number of aryl methyl sites for hydroxylation is 1. The smallest absolute Gasteiger partial charge is 0.286 e. The molecule has 196 valence electrons. The third-order valence-corrected chi connectivity index (χ3v) is 7.80. The predicted molar refractivity (Wildman–Crippen MR) is 151 cm³/mol. The van der Waals surface area contributed by atoms with Crippen LogP contribution in [0.2, 0.25) is 0 Å². The van der Waals surface area contributed by atoms with Gasteiger partial charge in [0.05, 0.1) is 17.2 Å². The number of primary amides is 1. The zero-order valence-corrected chi connectivity index (χ0v) is 22.4. The van der Waals surface area contributed by atoms with Crippen LogP contribution in [-0.4, -0.2) is 51.4 Å². The van der Waals surface area contributed by atoms with Gasteiger partial charge in [0.1, 0.15) is 11.4 Å². The minimum absolute atomic E-state index is 0.114. The predicted octanol–water partition coefficient (Wildman–Crippen LogP) is 4.80. The molecule has 3 aromatic rings. The Morgan fingerprint density at radius 3 is 2.63 bits per heavy atom. The van der Waals surface area contributed by atoms with Gasteiger partial charge < -0.3 is 15.4 Å². The average molecular weight is 530 g/mol. The first kappa shape index (κ1) is 25.8. The van der Waals surface area contributed by atoms with Gasteiger partial charge in [-0.25, -0.2) is 4.68 Å². The maximum atomic E-state index is 12.9. The van der Waals surface area contributed by atoms with Crippen LogP contribution in [0.4, 0.5) is 0 Å². The molecule has 2 aliphatic heterocycles. The molecule has 0 aliphatic carbocycles. The van der Waals surface area contributed by atoms with E-state index < -0.39 is 0 Å². The van der Waals surface area contributed by atoms with Crippen LogP contribution in [0.3, 0.4) is 0 Å².